The lowest BCUT2D eigenvalue weighted by molar-refractivity contribution is 0.140. The number of nitrogens with one attached hydrogen (secondary N) is 1. The molecule has 6 heteroatoms. The molecule has 0 aliphatic rings. The molecule has 1 heterocycles. The third-order valence-corrected chi connectivity index (χ3v) is 2.71. The molecule has 0 amide bonds. The summed E-state index contributed by atoms with van der Waals surface area (Å²) in [5.41, 5.74) is 0. The van der Waals surface area contributed by atoms with Crippen LogP contribution in [-0.2, 0) is 18.2 Å². The summed E-state index contributed by atoms with van der Waals surface area (Å²) in [6, 6.07) is 0.412. The van der Waals surface area contributed by atoms with Crippen LogP contribution in [0.3, 0.4) is 0 Å². The van der Waals surface area contributed by atoms with Gasteiger partial charge in [-0.25, -0.2) is 0 Å². The lowest BCUT2D eigenvalue weighted by Gasteiger charge is -2.16. The van der Waals surface area contributed by atoms with Crippen LogP contribution in [0.4, 0.5) is 0 Å². The fourth-order valence-electron chi connectivity index (χ4n) is 1.83. The number of aromatic nitrogens is 4. The van der Waals surface area contributed by atoms with Gasteiger partial charge >= 0.3 is 0 Å². The monoisotopic (exact) mass is 255 g/mol. The Morgan fingerprint density at radius 1 is 1.39 bits per heavy atom. The van der Waals surface area contributed by atoms with Gasteiger partial charge in [-0.1, -0.05) is 6.92 Å². The van der Waals surface area contributed by atoms with Crippen LogP contribution in [0.1, 0.15) is 38.9 Å². The highest BCUT2D eigenvalue weighted by atomic mass is 16.5. The predicted molar refractivity (Wildman–Crippen MR) is 70.3 cm³/mol. The van der Waals surface area contributed by atoms with E-state index in [9.17, 15) is 0 Å². The zero-order valence-electron chi connectivity index (χ0n) is 11.7. The lowest BCUT2D eigenvalue weighted by Crippen LogP contribution is -2.32. The van der Waals surface area contributed by atoms with Gasteiger partial charge in [0.15, 0.2) is 5.82 Å². The first-order valence-electron chi connectivity index (χ1n) is 6.80. The molecular weight excluding hydrogens is 230 g/mol. The van der Waals surface area contributed by atoms with Crippen LogP contribution in [0.2, 0.25) is 0 Å². The summed E-state index contributed by atoms with van der Waals surface area (Å²) in [6.07, 6.45) is 4.11. The van der Waals surface area contributed by atoms with Gasteiger partial charge in [0.1, 0.15) is 0 Å². The van der Waals surface area contributed by atoms with Gasteiger partial charge in [0.05, 0.1) is 7.05 Å². The topological polar surface area (TPSA) is 64.9 Å². The molecule has 0 aliphatic carbocycles. The van der Waals surface area contributed by atoms with E-state index < -0.39 is 0 Å². The van der Waals surface area contributed by atoms with Gasteiger partial charge in [0, 0.05) is 25.7 Å². The zero-order valence-corrected chi connectivity index (χ0v) is 11.7. The summed E-state index contributed by atoms with van der Waals surface area (Å²) >= 11 is 0. The summed E-state index contributed by atoms with van der Waals surface area (Å²) in [7, 11) is 1.79. The molecule has 0 bridgehead atoms. The van der Waals surface area contributed by atoms with Gasteiger partial charge in [-0.3, -0.25) is 0 Å². The Hall–Kier alpha value is -1.01. The Morgan fingerprint density at radius 3 is 2.83 bits per heavy atom. The van der Waals surface area contributed by atoms with Gasteiger partial charge in [0.2, 0.25) is 0 Å². The van der Waals surface area contributed by atoms with Gasteiger partial charge in [0.25, 0.3) is 0 Å². The molecule has 0 aliphatic heterocycles. The third kappa shape index (κ3) is 6.07. The molecule has 0 fully saturated rings. The summed E-state index contributed by atoms with van der Waals surface area (Å²) in [6.45, 7) is 6.84. The highest BCUT2D eigenvalue weighted by molar-refractivity contribution is 4.84. The molecule has 1 N–H and O–H groups in total. The van der Waals surface area contributed by atoms with Crippen LogP contribution in [0.25, 0.3) is 0 Å². The van der Waals surface area contributed by atoms with Gasteiger partial charge in [-0.05, 0) is 37.9 Å². The van der Waals surface area contributed by atoms with Crippen LogP contribution in [-0.4, -0.2) is 46.0 Å². The van der Waals surface area contributed by atoms with E-state index in [0.717, 1.165) is 51.3 Å². The Balaban J connectivity index is 2.34. The molecule has 0 radical (unpaired) electrons. The summed E-state index contributed by atoms with van der Waals surface area (Å²) in [5, 5.41) is 15.7. The molecule has 0 saturated heterocycles. The normalized spacial score (nSPS) is 12.8. The minimum Gasteiger partial charge on any atom is -0.382 e. The number of rotatable bonds is 10. The average Bonchev–Trinajstić information content (AvgIpc) is 2.77. The first-order valence-corrected chi connectivity index (χ1v) is 6.80. The second-order valence-electron chi connectivity index (χ2n) is 4.39. The Bertz CT molecular complexity index is 315. The minimum absolute atomic E-state index is 0.412. The van der Waals surface area contributed by atoms with Gasteiger partial charge < -0.3 is 10.1 Å². The van der Waals surface area contributed by atoms with E-state index in [1.807, 2.05) is 6.92 Å². The van der Waals surface area contributed by atoms with E-state index in [1.54, 1.807) is 7.05 Å². The Morgan fingerprint density at radius 2 is 2.22 bits per heavy atom. The highest BCUT2D eigenvalue weighted by Crippen LogP contribution is 2.04. The molecule has 104 valence electrons. The largest absolute Gasteiger partial charge is 0.382 e. The molecule has 1 aromatic heterocycles. The molecular formula is C12H25N5O. The highest BCUT2D eigenvalue weighted by Gasteiger charge is 2.12. The van der Waals surface area contributed by atoms with E-state index in [-0.39, 0.29) is 0 Å². The number of hydrogen-bond acceptors (Lipinski definition) is 5. The van der Waals surface area contributed by atoms with Crippen molar-refractivity contribution in [2.75, 3.05) is 19.8 Å². The Kier molecular flexibility index (Phi) is 7.52. The fraction of sp³-hybridized carbons (Fsp3) is 0.917. The maximum atomic E-state index is 5.37. The standard InChI is InChI=1S/C12H25N5O/c1-4-8-13-11(7-6-9-18-5-2)10-12-14-16-17(3)15-12/h11,13H,4-10H2,1-3H3. The van der Waals surface area contributed by atoms with Crippen molar-refractivity contribution in [1.29, 1.82) is 0 Å². The van der Waals surface area contributed by atoms with Crippen molar-refractivity contribution in [2.45, 2.75) is 45.6 Å². The van der Waals surface area contributed by atoms with Gasteiger partial charge in [-0.2, -0.15) is 4.80 Å². The van der Waals surface area contributed by atoms with E-state index in [4.69, 9.17) is 4.74 Å². The quantitative estimate of drug-likeness (QED) is 0.630. The van der Waals surface area contributed by atoms with Crippen molar-refractivity contribution >= 4 is 0 Å². The fourth-order valence-corrected chi connectivity index (χ4v) is 1.83. The van der Waals surface area contributed by atoms with Crippen LogP contribution in [0.15, 0.2) is 0 Å². The first kappa shape index (κ1) is 15.0. The van der Waals surface area contributed by atoms with Crippen molar-refractivity contribution in [2.24, 2.45) is 7.05 Å². The van der Waals surface area contributed by atoms with Crippen molar-refractivity contribution < 1.29 is 4.74 Å². The lowest BCUT2D eigenvalue weighted by atomic mass is 10.1. The molecule has 18 heavy (non-hydrogen) atoms. The number of tetrazole rings is 1. The van der Waals surface area contributed by atoms with Crippen LogP contribution < -0.4 is 5.32 Å². The van der Waals surface area contributed by atoms with Crippen molar-refractivity contribution in [3.8, 4) is 0 Å². The van der Waals surface area contributed by atoms with E-state index in [1.165, 1.54) is 4.80 Å². The van der Waals surface area contributed by atoms with Crippen molar-refractivity contribution in [3.05, 3.63) is 5.82 Å². The summed E-state index contributed by atoms with van der Waals surface area (Å²) < 4.78 is 5.37. The third-order valence-electron chi connectivity index (χ3n) is 2.71. The number of ether oxygens (including phenoxy) is 1. The van der Waals surface area contributed by atoms with Crippen LogP contribution >= 0.6 is 0 Å². The molecule has 1 unspecified atom stereocenters. The smallest absolute Gasteiger partial charge is 0.176 e. The second-order valence-corrected chi connectivity index (χ2v) is 4.39. The maximum Gasteiger partial charge on any atom is 0.176 e. The number of aryl methyl sites for hydroxylation is 1. The van der Waals surface area contributed by atoms with Crippen LogP contribution in [0, 0.1) is 0 Å². The first-order chi connectivity index (χ1) is 8.76. The predicted octanol–water partition coefficient (Wildman–Crippen LogP) is 0.937. The molecule has 0 aromatic carbocycles. The van der Waals surface area contributed by atoms with E-state index in [0.29, 0.717) is 6.04 Å². The second kappa shape index (κ2) is 8.99. The zero-order chi connectivity index (χ0) is 13.2. The van der Waals surface area contributed by atoms with Crippen molar-refractivity contribution in [1.82, 2.24) is 25.5 Å². The summed E-state index contributed by atoms with van der Waals surface area (Å²) in [5.74, 6) is 0.808. The molecule has 1 atom stereocenters. The summed E-state index contributed by atoms with van der Waals surface area (Å²) in [4.78, 5) is 1.51. The van der Waals surface area contributed by atoms with E-state index >= 15 is 0 Å². The molecule has 0 spiro atoms. The van der Waals surface area contributed by atoms with E-state index in [2.05, 4.69) is 27.7 Å². The molecule has 1 aromatic rings. The maximum absolute atomic E-state index is 5.37. The SMILES string of the molecule is CCCNC(CCCOCC)Cc1nnn(C)n1. The number of hydrogen-bond donors (Lipinski definition) is 1. The minimum atomic E-state index is 0.412. The Labute approximate surface area is 109 Å². The number of nitrogens with zero attached hydrogens (tertiary/aromatic N) is 4. The molecule has 0 saturated carbocycles. The molecule has 1 rings (SSSR count). The van der Waals surface area contributed by atoms with Crippen molar-refractivity contribution in [3.63, 3.8) is 0 Å². The molecule has 6 nitrogen and oxygen atoms in total. The van der Waals surface area contributed by atoms with Gasteiger partial charge in [-0.15, -0.1) is 10.2 Å². The van der Waals surface area contributed by atoms with Crippen LogP contribution in [0.5, 0.6) is 0 Å². The average molecular weight is 255 g/mol.